The van der Waals surface area contributed by atoms with E-state index >= 15 is 0 Å². The van der Waals surface area contributed by atoms with Crippen LogP contribution in [0, 0.1) is 6.92 Å². The van der Waals surface area contributed by atoms with Crippen molar-refractivity contribution in [1.29, 1.82) is 0 Å². The average Bonchev–Trinajstić information content (AvgIpc) is 3.22. The highest BCUT2D eigenvalue weighted by molar-refractivity contribution is 5.83. The summed E-state index contributed by atoms with van der Waals surface area (Å²) in [6.45, 7) is 8.49. The number of nitrogens with zero attached hydrogens (tertiary/aromatic N) is 2. The summed E-state index contributed by atoms with van der Waals surface area (Å²) in [5, 5.41) is 4.37. The second-order valence-electron chi connectivity index (χ2n) is 8.94. The minimum Gasteiger partial charge on any atom is -0.369 e. The number of aromatic amines is 1. The molecule has 4 rings (SSSR count). The third-order valence-electron chi connectivity index (χ3n) is 6.49. The normalized spacial score (nSPS) is 14.7. The number of anilines is 1. The van der Waals surface area contributed by atoms with Gasteiger partial charge in [0.05, 0.1) is 0 Å². The molecule has 0 spiro atoms. The number of H-pyrrole nitrogens is 1. The fourth-order valence-electron chi connectivity index (χ4n) is 4.61. The van der Waals surface area contributed by atoms with Gasteiger partial charge >= 0.3 is 0 Å². The Morgan fingerprint density at radius 2 is 1.84 bits per heavy atom. The van der Waals surface area contributed by atoms with Gasteiger partial charge in [0, 0.05) is 61.9 Å². The van der Waals surface area contributed by atoms with E-state index in [-0.39, 0.29) is 5.91 Å². The molecule has 0 unspecified atom stereocenters. The summed E-state index contributed by atoms with van der Waals surface area (Å²) < 4.78 is 0. The van der Waals surface area contributed by atoms with Crippen molar-refractivity contribution in [2.75, 3.05) is 44.2 Å². The van der Waals surface area contributed by atoms with Crippen molar-refractivity contribution in [2.45, 2.75) is 39.0 Å². The maximum absolute atomic E-state index is 12.2. The summed E-state index contributed by atoms with van der Waals surface area (Å²) in [6.07, 6.45) is 6.68. The first-order valence-electron chi connectivity index (χ1n) is 12.0. The molecule has 0 radical (unpaired) electrons. The van der Waals surface area contributed by atoms with Gasteiger partial charge in [0.1, 0.15) is 0 Å². The summed E-state index contributed by atoms with van der Waals surface area (Å²) in [6, 6.07) is 17.1. The van der Waals surface area contributed by atoms with Crippen LogP contribution in [-0.4, -0.2) is 55.1 Å². The Hall–Kier alpha value is -2.79. The first-order valence-corrected chi connectivity index (χ1v) is 12.0. The zero-order valence-electron chi connectivity index (χ0n) is 19.3. The smallest absolute Gasteiger partial charge is 0.220 e. The fraction of sp³-hybridized carbons (Fsp3) is 0.444. The molecule has 1 amide bonds. The topological polar surface area (TPSA) is 51.4 Å². The zero-order chi connectivity index (χ0) is 22.2. The molecule has 2 N–H and O–H groups in total. The first kappa shape index (κ1) is 22.4. The number of para-hydroxylation sites is 1. The second-order valence-corrected chi connectivity index (χ2v) is 8.94. The molecule has 0 aliphatic carbocycles. The van der Waals surface area contributed by atoms with Crippen LogP contribution in [0.1, 0.15) is 36.8 Å². The minimum absolute atomic E-state index is 0.177. The van der Waals surface area contributed by atoms with Crippen molar-refractivity contribution < 1.29 is 4.79 Å². The number of aromatic nitrogens is 1. The molecule has 0 bridgehead atoms. The molecule has 1 aromatic heterocycles. The maximum atomic E-state index is 12.2. The van der Waals surface area contributed by atoms with E-state index in [4.69, 9.17) is 0 Å². The number of carbonyl (C=O) groups is 1. The molecule has 1 aliphatic heterocycles. The van der Waals surface area contributed by atoms with Gasteiger partial charge < -0.3 is 15.2 Å². The third kappa shape index (κ3) is 6.13. The predicted molar refractivity (Wildman–Crippen MR) is 133 cm³/mol. The molecule has 5 heteroatoms. The summed E-state index contributed by atoms with van der Waals surface area (Å²) in [5.41, 5.74) is 5.14. The number of nitrogens with one attached hydrogen (secondary N) is 2. The van der Waals surface area contributed by atoms with Crippen molar-refractivity contribution in [1.82, 2.24) is 15.2 Å². The van der Waals surface area contributed by atoms with Gasteiger partial charge in [0.25, 0.3) is 0 Å². The van der Waals surface area contributed by atoms with Crippen LogP contribution < -0.4 is 10.2 Å². The molecule has 3 aromatic rings. The van der Waals surface area contributed by atoms with Crippen LogP contribution >= 0.6 is 0 Å². The van der Waals surface area contributed by atoms with Gasteiger partial charge in [-0.25, -0.2) is 0 Å². The van der Waals surface area contributed by atoms with E-state index in [1.54, 1.807) is 0 Å². The molecule has 2 aromatic carbocycles. The van der Waals surface area contributed by atoms with E-state index < -0.39 is 0 Å². The van der Waals surface area contributed by atoms with Crippen LogP contribution in [0.5, 0.6) is 0 Å². The monoisotopic (exact) mass is 432 g/mol. The van der Waals surface area contributed by atoms with E-state index in [9.17, 15) is 4.79 Å². The number of piperazine rings is 1. The van der Waals surface area contributed by atoms with E-state index in [0.717, 1.165) is 65.0 Å². The molecular formula is C27H36N4O. The Labute approximate surface area is 191 Å². The van der Waals surface area contributed by atoms with Gasteiger partial charge in [0.2, 0.25) is 5.91 Å². The highest BCUT2D eigenvalue weighted by Gasteiger charge is 2.16. The lowest BCUT2D eigenvalue weighted by molar-refractivity contribution is -0.121. The Morgan fingerprint density at radius 1 is 1.00 bits per heavy atom. The lowest BCUT2D eigenvalue weighted by atomic mass is 10.1. The number of benzene rings is 2. The number of rotatable bonds is 10. The van der Waals surface area contributed by atoms with Gasteiger partial charge in [-0.1, -0.05) is 30.3 Å². The third-order valence-corrected chi connectivity index (χ3v) is 6.49. The molecule has 32 heavy (non-hydrogen) atoms. The van der Waals surface area contributed by atoms with E-state index in [1.165, 1.54) is 27.7 Å². The van der Waals surface area contributed by atoms with Gasteiger partial charge in [0.15, 0.2) is 0 Å². The zero-order valence-corrected chi connectivity index (χ0v) is 19.3. The predicted octanol–water partition coefficient (Wildman–Crippen LogP) is 4.52. The standard InChI is InChI=1S/C27H36N4O/c1-22-8-6-10-24(20-22)31-18-16-30(17-19-31)15-5-4-14-28-27(32)13-7-9-23-21-29-26-12-3-2-11-25(23)26/h2-3,6,8,10-12,20-21,29H,4-5,7,9,13-19H2,1H3,(H,28,32). The van der Waals surface area contributed by atoms with Crippen LogP contribution in [0.4, 0.5) is 5.69 Å². The molecule has 0 saturated carbocycles. The number of aryl methyl sites for hydroxylation is 2. The lowest BCUT2D eigenvalue weighted by Gasteiger charge is -2.36. The van der Waals surface area contributed by atoms with Gasteiger partial charge in [-0.05, 0) is 68.5 Å². The molecular weight excluding hydrogens is 396 g/mol. The summed E-state index contributed by atoms with van der Waals surface area (Å²) in [7, 11) is 0. The average molecular weight is 433 g/mol. The Kier molecular flexibility index (Phi) is 7.83. The number of hydrogen-bond acceptors (Lipinski definition) is 3. The van der Waals surface area contributed by atoms with Gasteiger partial charge in [-0.3, -0.25) is 9.69 Å². The molecule has 2 heterocycles. The molecule has 1 fully saturated rings. The number of unbranched alkanes of at least 4 members (excludes halogenated alkanes) is 1. The molecule has 5 nitrogen and oxygen atoms in total. The van der Waals surface area contributed by atoms with E-state index in [2.05, 4.69) is 75.7 Å². The molecule has 0 atom stereocenters. The molecule has 170 valence electrons. The fourth-order valence-corrected chi connectivity index (χ4v) is 4.61. The SMILES string of the molecule is Cc1cccc(N2CCN(CCCCNC(=O)CCCc3c[nH]c4ccccc34)CC2)c1. The van der Waals surface area contributed by atoms with E-state index in [1.807, 2.05) is 6.07 Å². The second kappa shape index (κ2) is 11.2. The van der Waals surface area contributed by atoms with Crippen LogP contribution in [0.3, 0.4) is 0 Å². The van der Waals surface area contributed by atoms with E-state index in [0.29, 0.717) is 6.42 Å². The molecule has 1 aliphatic rings. The Morgan fingerprint density at radius 3 is 2.69 bits per heavy atom. The van der Waals surface area contributed by atoms with Crippen LogP contribution in [0.2, 0.25) is 0 Å². The van der Waals surface area contributed by atoms with Crippen molar-refractivity contribution in [3.05, 3.63) is 65.9 Å². The Bertz CT molecular complexity index is 1000. The quantitative estimate of drug-likeness (QED) is 0.463. The Balaban J connectivity index is 1.05. The van der Waals surface area contributed by atoms with Crippen molar-refractivity contribution in [2.24, 2.45) is 0 Å². The number of carbonyl (C=O) groups excluding carboxylic acids is 1. The van der Waals surface area contributed by atoms with Crippen LogP contribution in [0.25, 0.3) is 10.9 Å². The number of amides is 1. The molecule has 1 saturated heterocycles. The highest BCUT2D eigenvalue weighted by atomic mass is 16.1. The van der Waals surface area contributed by atoms with Crippen LogP contribution in [0.15, 0.2) is 54.7 Å². The number of fused-ring (bicyclic) bond motifs is 1. The summed E-state index contributed by atoms with van der Waals surface area (Å²) in [5.74, 6) is 0.177. The van der Waals surface area contributed by atoms with Gasteiger partial charge in [-0.15, -0.1) is 0 Å². The summed E-state index contributed by atoms with van der Waals surface area (Å²) in [4.78, 5) is 20.5. The summed E-state index contributed by atoms with van der Waals surface area (Å²) >= 11 is 0. The van der Waals surface area contributed by atoms with Crippen molar-refractivity contribution in [3.63, 3.8) is 0 Å². The van der Waals surface area contributed by atoms with Gasteiger partial charge in [-0.2, -0.15) is 0 Å². The van der Waals surface area contributed by atoms with Crippen LogP contribution in [-0.2, 0) is 11.2 Å². The highest BCUT2D eigenvalue weighted by Crippen LogP contribution is 2.20. The minimum atomic E-state index is 0.177. The maximum Gasteiger partial charge on any atom is 0.220 e. The number of hydrogen-bond donors (Lipinski definition) is 2. The largest absolute Gasteiger partial charge is 0.369 e. The van der Waals surface area contributed by atoms with Crippen molar-refractivity contribution in [3.8, 4) is 0 Å². The first-order chi connectivity index (χ1) is 15.7. The van der Waals surface area contributed by atoms with Crippen molar-refractivity contribution >= 4 is 22.5 Å². The lowest BCUT2D eigenvalue weighted by Crippen LogP contribution is -2.46.